The number of halogens is 2. The van der Waals surface area contributed by atoms with Crippen molar-refractivity contribution in [2.75, 3.05) is 6.54 Å². The smallest absolute Gasteiger partial charge is 0.219 e. The number of benzene rings is 1. The summed E-state index contributed by atoms with van der Waals surface area (Å²) < 4.78 is 29.2. The molecule has 0 radical (unpaired) electrons. The highest BCUT2D eigenvalue weighted by Gasteiger charge is 2.28. The second-order valence-electron chi connectivity index (χ2n) is 7.03. The van der Waals surface area contributed by atoms with Crippen molar-refractivity contribution in [3.63, 3.8) is 0 Å². The van der Waals surface area contributed by atoms with Crippen molar-refractivity contribution in [1.29, 1.82) is 0 Å². The molecule has 0 unspecified atom stereocenters. The third-order valence-electron chi connectivity index (χ3n) is 5.15. The number of aromatic nitrogens is 3. The van der Waals surface area contributed by atoms with Crippen LogP contribution >= 0.6 is 0 Å². The molecule has 1 aliphatic rings. The van der Waals surface area contributed by atoms with Crippen molar-refractivity contribution in [2.45, 2.75) is 33.4 Å². The normalized spacial score (nSPS) is 13.5. The molecule has 0 bridgehead atoms. The van der Waals surface area contributed by atoms with E-state index in [-0.39, 0.29) is 12.5 Å². The Morgan fingerprint density at radius 2 is 2.04 bits per heavy atom. The van der Waals surface area contributed by atoms with Gasteiger partial charge >= 0.3 is 0 Å². The Balaban J connectivity index is 1.81. The first-order valence-corrected chi connectivity index (χ1v) is 9.14. The molecule has 0 aliphatic carbocycles. The fourth-order valence-corrected chi connectivity index (χ4v) is 3.63. The molecule has 144 valence electrons. The minimum absolute atomic E-state index is 0.00618. The fourth-order valence-electron chi connectivity index (χ4n) is 3.63. The van der Waals surface area contributed by atoms with Crippen LogP contribution in [-0.2, 0) is 24.3 Å². The standard InChI is InChI=1S/C21H20F2N4O/c1-13-4-3-8-24-20(13)21-17-12-26(14(2)28)9-7-19(17)27(25-21)11-15-5-6-16(22)10-18(15)23/h3-6,8,10H,7,9,11-12H2,1-2H3. The van der Waals surface area contributed by atoms with Gasteiger partial charge in [-0.2, -0.15) is 5.10 Å². The maximum atomic E-state index is 14.2. The largest absolute Gasteiger partial charge is 0.338 e. The number of fused-ring (bicyclic) bond motifs is 1. The van der Waals surface area contributed by atoms with Gasteiger partial charge < -0.3 is 4.90 Å². The molecule has 0 saturated heterocycles. The van der Waals surface area contributed by atoms with Gasteiger partial charge in [-0.05, 0) is 24.6 Å². The maximum absolute atomic E-state index is 14.2. The lowest BCUT2D eigenvalue weighted by atomic mass is 10.0. The molecular weight excluding hydrogens is 362 g/mol. The third kappa shape index (κ3) is 3.28. The first kappa shape index (κ1) is 18.3. The molecule has 1 aliphatic heterocycles. The van der Waals surface area contributed by atoms with Crippen LogP contribution in [0.15, 0.2) is 36.5 Å². The Morgan fingerprint density at radius 1 is 1.21 bits per heavy atom. The lowest BCUT2D eigenvalue weighted by Gasteiger charge is -2.27. The van der Waals surface area contributed by atoms with E-state index in [1.807, 2.05) is 19.1 Å². The molecule has 0 spiro atoms. The van der Waals surface area contributed by atoms with Crippen LogP contribution in [0.1, 0.15) is 29.3 Å². The number of amides is 1. The summed E-state index contributed by atoms with van der Waals surface area (Å²) in [5.74, 6) is -1.20. The van der Waals surface area contributed by atoms with Gasteiger partial charge in [0.05, 0.1) is 12.2 Å². The number of aryl methyl sites for hydroxylation is 1. The second kappa shape index (κ2) is 7.14. The van der Waals surface area contributed by atoms with Crippen molar-refractivity contribution < 1.29 is 13.6 Å². The van der Waals surface area contributed by atoms with Crippen LogP contribution in [0.25, 0.3) is 11.4 Å². The van der Waals surface area contributed by atoms with Crippen LogP contribution in [0.3, 0.4) is 0 Å². The fraction of sp³-hybridized carbons (Fsp3) is 0.286. The van der Waals surface area contributed by atoms with E-state index in [0.29, 0.717) is 30.8 Å². The molecule has 28 heavy (non-hydrogen) atoms. The summed E-state index contributed by atoms with van der Waals surface area (Å²) >= 11 is 0. The summed E-state index contributed by atoms with van der Waals surface area (Å²) in [4.78, 5) is 18.1. The SMILES string of the molecule is CC(=O)N1CCc2c(c(-c3ncccc3C)nn2Cc2ccc(F)cc2F)C1. The second-order valence-corrected chi connectivity index (χ2v) is 7.03. The highest BCUT2D eigenvalue weighted by molar-refractivity contribution is 5.74. The predicted molar refractivity (Wildman–Crippen MR) is 100 cm³/mol. The number of carbonyl (C=O) groups is 1. The van der Waals surface area contributed by atoms with E-state index in [1.165, 1.54) is 12.1 Å². The Labute approximate surface area is 161 Å². The van der Waals surface area contributed by atoms with Crippen molar-refractivity contribution in [3.8, 4) is 11.4 Å². The van der Waals surface area contributed by atoms with Gasteiger partial charge in [-0.3, -0.25) is 14.5 Å². The quantitative estimate of drug-likeness (QED) is 0.697. The Hall–Kier alpha value is -3.09. The molecule has 1 aromatic carbocycles. The van der Waals surface area contributed by atoms with E-state index in [0.717, 1.165) is 28.6 Å². The highest BCUT2D eigenvalue weighted by atomic mass is 19.1. The van der Waals surface area contributed by atoms with Crippen LogP contribution in [0, 0.1) is 18.6 Å². The summed E-state index contributed by atoms with van der Waals surface area (Å²) in [6, 6.07) is 7.38. The molecule has 0 N–H and O–H groups in total. The molecule has 2 aromatic heterocycles. The van der Waals surface area contributed by atoms with E-state index in [4.69, 9.17) is 5.10 Å². The van der Waals surface area contributed by atoms with Crippen molar-refractivity contribution in [2.24, 2.45) is 0 Å². The predicted octanol–water partition coefficient (Wildman–Crippen LogP) is 3.48. The highest BCUT2D eigenvalue weighted by Crippen LogP contribution is 2.31. The molecule has 0 saturated carbocycles. The summed E-state index contributed by atoms with van der Waals surface area (Å²) in [7, 11) is 0. The Bertz CT molecular complexity index is 1060. The van der Waals surface area contributed by atoms with Crippen LogP contribution in [0.5, 0.6) is 0 Å². The van der Waals surface area contributed by atoms with Gasteiger partial charge in [-0.15, -0.1) is 0 Å². The molecule has 5 nitrogen and oxygen atoms in total. The summed E-state index contributed by atoms with van der Waals surface area (Å²) in [5.41, 5.74) is 4.70. The van der Waals surface area contributed by atoms with E-state index < -0.39 is 11.6 Å². The van der Waals surface area contributed by atoms with Gasteiger partial charge in [-0.1, -0.05) is 12.1 Å². The summed E-state index contributed by atoms with van der Waals surface area (Å²) in [5, 5.41) is 4.73. The summed E-state index contributed by atoms with van der Waals surface area (Å²) in [6.45, 7) is 4.73. The molecule has 1 amide bonds. The van der Waals surface area contributed by atoms with Gasteiger partial charge in [0.25, 0.3) is 0 Å². The zero-order valence-electron chi connectivity index (χ0n) is 15.7. The van der Waals surface area contributed by atoms with Crippen molar-refractivity contribution >= 4 is 5.91 Å². The number of hydrogen-bond donors (Lipinski definition) is 0. The van der Waals surface area contributed by atoms with Gasteiger partial charge in [0.1, 0.15) is 17.3 Å². The number of nitrogens with zero attached hydrogens (tertiary/aromatic N) is 4. The minimum atomic E-state index is -0.606. The maximum Gasteiger partial charge on any atom is 0.219 e. The van der Waals surface area contributed by atoms with Crippen molar-refractivity contribution in [3.05, 3.63) is 70.5 Å². The van der Waals surface area contributed by atoms with Gasteiger partial charge in [0.2, 0.25) is 5.91 Å². The number of rotatable bonds is 3. The first-order chi connectivity index (χ1) is 13.4. The lowest BCUT2D eigenvalue weighted by Crippen LogP contribution is -2.34. The molecule has 0 atom stereocenters. The first-order valence-electron chi connectivity index (χ1n) is 9.14. The molecule has 3 heterocycles. The Kier molecular flexibility index (Phi) is 4.66. The van der Waals surface area contributed by atoms with Gasteiger partial charge in [0.15, 0.2) is 0 Å². The van der Waals surface area contributed by atoms with Crippen LogP contribution < -0.4 is 0 Å². The minimum Gasteiger partial charge on any atom is -0.338 e. The van der Waals surface area contributed by atoms with Crippen LogP contribution in [0.2, 0.25) is 0 Å². The number of carbonyl (C=O) groups excluding carboxylic acids is 1. The van der Waals surface area contributed by atoms with E-state index in [2.05, 4.69) is 4.98 Å². The zero-order chi connectivity index (χ0) is 19.8. The molecule has 3 aromatic rings. The van der Waals surface area contributed by atoms with Crippen molar-refractivity contribution in [1.82, 2.24) is 19.7 Å². The monoisotopic (exact) mass is 382 g/mol. The van der Waals surface area contributed by atoms with E-state index >= 15 is 0 Å². The molecule has 0 fully saturated rings. The molecule has 7 heteroatoms. The average molecular weight is 382 g/mol. The number of pyridine rings is 1. The lowest BCUT2D eigenvalue weighted by molar-refractivity contribution is -0.129. The topological polar surface area (TPSA) is 51.0 Å². The van der Waals surface area contributed by atoms with E-state index in [1.54, 1.807) is 22.7 Å². The third-order valence-corrected chi connectivity index (χ3v) is 5.15. The van der Waals surface area contributed by atoms with E-state index in [9.17, 15) is 13.6 Å². The average Bonchev–Trinajstić information content (AvgIpc) is 3.02. The van der Waals surface area contributed by atoms with Crippen LogP contribution in [-0.4, -0.2) is 32.1 Å². The molecule has 4 rings (SSSR count). The Morgan fingerprint density at radius 3 is 2.75 bits per heavy atom. The molecular formula is C21H20F2N4O. The van der Waals surface area contributed by atoms with Gasteiger partial charge in [-0.25, -0.2) is 8.78 Å². The number of hydrogen-bond acceptors (Lipinski definition) is 3. The zero-order valence-corrected chi connectivity index (χ0v) is 15.7. The summed E-state index contributed by atoms with van der Waals surface area (Å²) in [6.07, 6.45) is 2.33. The van der Waals surface area contributed by atoms with Crippen LogP contribution in [0.4, 0.5) is 8.78 Å². The van der Waals surface area contributed by atoms with Gasteiger partial charge in [0, 0.05) is 55.5 Å².